The third-order valence-corrected chi connectivity index (χ3v) is 3.13. The highest BCUT2D eigenvalue weighted by atomic mass is 16.7. The highest BCUT2D eigenvalue weighted by Crippen LogP contribution is 2.23. The molecule has 0 aromatic heterocycles. The van der Waals surface area contributed by atoms with Gasteiger partial charge in [-0.3, -0.25) is 0 Å². The average molecular weight is 294 g/mol. The van der Waals surface area contributed by atoms with Gasteiger partial charge in [-0.15, -0.1) is 0 Å². The Kier molecular flexibility index (Phi) is 5.55. The number of benzene rings is 2. The quantitative estimate of drug-likeness (QED) is 0.556. The van der Waals surface area contributed by atoms with E-state index < -0.39 is 18.4 Å². The zero-order chi connectivity index (χ0) is 15.8. The third-order valence-electron chi connectivity index (χ3n) is 3.13. The van der Waals surface area contributed by atoms with Crippen LogP contribution in [0.1, 0.15) is 23.3 Å². The van der Waals surface area contributed by atoms with Gasteiger partial charge in [-0.1, -0.05) is 73.8 Å². The van der Waals surface area contributed by atoms with Gasteiger partial charge in [0, 0.05) is 0 Å². The zero-order valence-corrected chi connectivity index (χ0v) is 12.2. The van der Waals surface area contributed by atoms with E-state index in [0.717, 1.165) is 11.1 Å². The topological polar surface area (TPSA) is 35.5 Å². The van der Waals surface area contributed by atoms with Crippen molar-refractivity contribution in [2.75, 3.05) is 0 Å². The van der Waals surface area contributed by atoms with E-state index in [9.17, 15) is 4.79 Å². The highest BCUT2D eigenvalue weighted by Gasteiger charge is 2.18. The van der Waals surface area contributed by atoms with Crippen LogP contribution in [0, 0.1) is 0 Å². The van der Waals surface area contributed by atoms with Crippen molar-refractivity contribution in [2.45, 2.75) is 12.2 Å². The molecule has 0 bridgehead atoms. The Morgan fingerprint density at radius 1 is 0.773 bits per heavy atom. The maximum atomic E-state index is 12.0. The van der Waals surface area contributed by atoms with Crippen LogP contribution in [0.5, 0.6) is 0 Å². The Morgan fingerprint density at radius 2 is 1.14 bits per heavy atom. The fraction of sp³-hybridized carbons (Fsp3) is 0.105. The lowest BCUT2D eigenvalue weighted by Crippen LogP contribution is -2.14. The minimum Gasteiger partial charge on any atom is -0.422 e. The van der Waals surface area contributed by atoms with Gasteiger partial charge in [0.2, 0.25) is 0 Å². The third kappa shape index (κ3) is 4.09. The molecule has 2 rings (SSSR count). The van der Waals surface area contributed by atoms with Crippen molar-refractivity contribution in [3.05, 3.63) is 97.1 Å². The summed E-state index contributed by atoms with van der Waals surface area (Å²) in [6, 6.07) is 18.7. The van der Waals surface area contributed by atoms with Crippen molar-refractivity contribution < 1.29 is 14.3 Å². The number of hydrogen-bond donors (Lipinski definition) is 0. The normalized spacial score (nSPS) is 12.7. The lowest BCUT2D eigenvalue weighted by atomic mass is 10.1. The first kappa shape index (κ1) is 15.6. The molecule has 2 atom stereocenters. The van der Waals surface area contributed by atoms with Gasteiger partial charge in [-0.25, -0.2) is 4.79 Å². The molecule has 0 N–H and O–H groups in total. The molecule has 0 amide bonds. The van der Waals surface area contributed by atoms with Crippen LogP contribution in [0.15, 0.2) is 86.0 Å². The molecule has 0 spiro atoms. The van der Waals surface area contributed by atoms with Crippen molar-refractivity contribution in [2.24, 2.45) is 0 Å². The fourth-order valence-corrected chi connectivity index (χ4v) is 2.03. The minimum atomic E-state index is -0.762. The summed E-state index contributed by atoms with van der Waals surface area (Å²) < 4.78 is 10.6. The molecule has 22 heavy (non-hydrogen) atoms. The first-order valence-corrected chi connectivity index (χ1v) is 6.97. The van der Waals surface area contributed by atoms with Gasteiger partial charge in [0.15, 0.2) is 0 Å². The van der Waals surface area contributed by atoms with E-state index in [1.54, 1.807) is 12.2 Å². The number of hydrogen-bond acceptors (Lipinski definition) is 3. The van der Waals surface area contributed by atoms with Crippen molar-refractivity contribution >= 4 is 6.16 Å². The first-order valence-electron chi connectivity index (χ1n) is 6.97. The Morgan fingerprint density at radius 3 is 1.45 bits per heavy atom. The molecule has 3 heteroatoms. The largest absolute Gasteiger partial charge is 0.510 e. The molecular weight excluding hydrogens is 276 g/mol. The second-order valence-corrected chi connectivity index (χ2v) is 4.62. The predicted molar refractivity (Wildman–Crippen MR) is 86.3 cm³/mol. The van der Waals surface area contributed by atoms with Crippen molar-refractivity contribution in [3.8, 4) is 0 Å². The zero-order valence-electron chi connectivity index (χ0n) is 12.2. The van der Waals surface area contributed by atoms with E-state index in [1.165, 1.54) is 0 Å². The van der Waals surface area contributed by atoms with E-state index >= 15 is 0 Å². The van der Waals surface area contributed by atoms with Gasteiger partial charge in [-0.2, -0.15) is 0 Å². The van der Waals surface area contributed by atoms with Crippen molar-refractivity contribution in [3.63, 3.8) is 0 Å². The summed E-state index contributed by atoms with van der Waals surface area (Å²) in [5, 5.41) is 0. The average Bonchev–Trinajstić information content (AvgIpc) is 2.59. The molecule has 2 aromatic rings. The van der Waals surface area contributed by atoms with Gasteiger partial charge in [0.1, 0.15) is 12.2 Å². The summed E-state index contributed by atoms with van der Waals surface area (Å²) >= 11 is 0. The fourth-order valence-electron chi connectivity index (χ4n) is 2.03. The van der Waals surface area contributed by atoms with Crippen molar-refractivity contribution in [1.29, 1.82) is 0 Å². The summed E-state index contributed by atoms with van der Waals surface area (Å²) in [4.78, 5) is 12.0. The van der Waals surface area contributed by atoms with E-state index in [1.807, 2.05) is 60.7 Å². The van der Waals surface area contributed by atoms with Crippen LogP contribution in [-0.2, 0) is 9.47 Å². The SMILES string of the molecule is C=CC(OC(=O)OC(C=C)c1ccccc1)c1ccccc1. The number of carbonyl (C=O) groups excluding carboxylic acids is 1. The number of ether oxygens (including phenoxy) is 2. The van der Waals surface area contributed by atoms with E-state index in [4.69, 9.17) is 9.47 Å². The maximum Gasteiger partial charge on any atom is 0.510 e. The van der Waals surface area contributed by atoms with Crippen LogP contribution >= 0.6 is 0 Å². The molecule has 0 aliphatic heterocycles. The molecule has 3 nitrogen and oxygen atoms in total. The van der Waals surface area contributed by atoms with Gasteiger partial charge in [-0.05, 0) is 23.3 Å². The minimum absolute atomic E-state index is 0.546. The molecule has 0 saturated carbocycles. The summed E-state index contributed by atoms with van der Waals surface area (Å²) in [6.07, 6.45) is 1.26. The van der Waals surface area contributed by atoms with Crippen LogP contribution < -0.4 is 0 Å². The summed E-state index contributed by atoms with van der Waals surface area (Å²) in [6.45, 7) is 7.39. The molecular formula is C19H18O3. The Hall–Kier alpha value is -2.81. The maximum absolute atomic E-state index is 12.0. The second-order valence-electron chi connectivity index (χ2n) is 4.62. The number of rotatable bonds is 6. The van der Waals surface area contributed by atoms with Crippen LogP contribution in [0.25, 0.3) is 0 Å². The molecule has 0 aliphatic carbocycles. The van der Waals surface area contributed by atoms with Crippen LogP contribution in [0.3, 0.4) is 0 Å². The highest BCUT2D eigenvalue weighted by molar-refractivity contribution is 5.61. The van der Waals surface area contributed by atoms with Crippen LogP contribution in [-0.4, -0.2) is 6.16 Å². The molecule has 0 aliphatic rings. The Balaban J connectivity index is 2.02. The van der Waals surface area contributed by atoms with Crippen molar-refractivity contribution in [1.82, 2.24) is 0 Å². The lowest BCUT2D eigenvalue weighted by Gasteiger charge is -2.18. The molecule has 0 radical (unpaired) electrons. The van der Waals surface area contributed by atoms with E-state index in [0.29, 0.717) is 0 Å². The smallest absolute Gasteiger partial charge is 0.422 e. The lowest BCUT2D eigenvalue weighted by molar-refractivity contribution is 0.0204. The molecule has 2 unspecified atom stereocenters. The second kappa shape index (κ2) is 7.84. The molecule has 112 valence electrons. The standard InChI is InChI=1S/C19H18O3/c1-3-17(15-11-7-5-8-12-15)21-19(20)22-18(4-2)16-13-9-6-10-14-16/h3-14,17-18H,1-2H2. The van der Waals surface area contributed by atoms with Gasteiger partial charge in [0.05, 0.1) is 0 Å². The number of carbonyl (C=O) groups is 1. The monoisotopic (exact) mass is 294 g/mol. The molecule has 0 heterocycles. The van der Waals surface area contributed by atoms with E-state index in [2.05, 4.69) is 13.2 Å². The summed E-state index contributed by atoms with van der Waals surface area (Å²) in [7, 11) is 0. The molecule has 2 aromatic carbocycles. The van der Waals surface area contributed by atoms with Gasteiger partial charge >= 0.3 is 6.16 Å². The molecule has 0 fully saturated rings. The van der Waals surface area contributed by atoms with Crippen LogP contribution in [0.4, 0.5) is 4.79 Å². The summed E-state index contributed by atoms with van der Waals surface area (Å²) in [5.74, 6) is 0. The first-order chi connectivity index (χ1) is 10.7. The van der Waals surface area contributed by atoms with Gasteiger partial charge < -0.3 is 9.47 Å². The predicted octanol–water partition coefficient (Wildman–Crippen LogP) is 4.99. The summed E-state index contributed by atoms with van der Waals surface area (Å²) in [5.41, 5.74) is 1.67. The van der Waals surface area contributed by atoms with Gasteiger partial charge in [0.25, 0.3) is 0 Å². The van der Waals surface area contributed by atoms with E-state index in [-0.39, 0.29) is 0 Å². The van der Waals surface area contributed by atoms with Crippen LogP contribution in [0.2, 0.25) is 0 Å². The molecule has 0 saturated heterocycles. The Labute approximate surface area is 130 Å². The Bertz CT molecular complexity index is 564.